The lowest BCUT2D eigenvalue weighted by molar-refractivity contribution is 0.199. The first kappa shape index (κ1) is 13.6. The van der Waals surface area contributed by atoms with E-state index < -0.39 is 0 Å². The van der Waals surface area contributed by atoms with Gasteiger partial charge in [-0.2, -0.15) is 0 Å². The number of nitrogens with one attached hydrogen (secondary N) is 1. The van der Waals surface area contributed by atoms with Crippen LogP contribution < -0.4 is 10.1 Å². The van der Waals surface area contributed by atoms with Crippen molar-refractivity contribution in [3.8, 4) is 11.5 Å². The predicted molar refractivity (Wildman–Crippen MR) is 76.5 cm³/mol. The topological polar surface area (TPSA) is 30.5 Å². The van der Waals surface area contributed by atoms with Gasteiger partial charge in [0.05, 0.1) is 6.61 Å². The molecule has 0 bridgehead atoms. The summed E-state index contributed by atoms with van der Waals surface area (Å²) in [5, 5.41) is 3.31. The summed E-state index contributed by atoms with van der Waals surface area (Å²) in [6.07, 6.45) is 0. The second-order valence-electron chi connectivity index (χ2n) is 4.23. The molecule has 2 aromatic rings. The van der Waals surface area contributed by atoms with Crippen molar-refractivity contribution in [2.24, 2.45) is 0 Å². The Morgan fingerprint density at radius 1 is 0.895 bits per heavy atom. The molecule has 1 N–H and O–H groups in total. The first-order valence-corrected chi connectivity index (χ1v) is 6.40. The zero-order valence-corrected chi connectivity index (χ0v) is 11.1. The Morgan fingerprint density at radius 2 is 1.58 bits per heavy atom. The van der Waals surface area contributed by atoms with Crippen molar-refractivity contribution < 1.29 is 9.47 Å². The molecular formula is C16H19NO2. The van der Waals surface area contributed by atoms with Gasteiger partial charge in [-0.3, -0.25) is 0 Å². The molecule has 0 heterocycles. The van der Waals surface area contributed by atoms with Gasteiger partial charge < -0.3 is 14.8 Å². The van der Waals surface area contributed by atoms with Crippen LogP contribution in [-0.4, -0.2) is 20.3 Å². The van der Waals surface area contributed by atoms with E-state index in [0.29, 0.717) is 0 Å². The summed E-state index contributed by atoms with van der Waals surface area (Å²) in [7, 11) is 1.71. The molecule has 0 aromatic heterocycles. The highest BCUT2D eigenvalue weighted by Gasteiger charge is 1.97. The second kappa shape index (κ2) is 7.56. The molecule has 2 aromatic carbocycles. The molecule has 3 heteroatoms. The van der Waals surface area contributed by atoms with Crippen molar-refractivity contribution in [1.29, 1.82) is 0 Å². The molecule has 0 aliphatic heterocycles. The number of hydrogen-bond acceptors (Lipinski definition) is 3. The maximum atomic E-state index is 5.74. The Hall–Kier alpha value is -1.84. The minimum atomic E-state index is 0.731. The number of hydrogen-bond donors (Lipinski definition) is 1. The van der Waals surface area contributed by atoms with Crippen molar-refractivity contribution in [3.05, 3.63) is 60.2 Å². The lowest BCUT2D eigenvalue weighted by Crippen LogP contribution is -2.18. The van der Waals surface area contributed by atoms with Gasteiger partial charge in [-0.1, -0.05) is 30.3 Å². The van der Waals surface area contributed by atoms with Gasteiger partial charge in [0.25, 0.3) is 0 Å². The van der Waals surface area contributed by atoms with Crippen molar-refractivity contribution >= 4 is 0 Å². The average molecular weight is 257 g/mol. The molecule has 0 aliphatic carbocycles. The normalized spacial score (nSPS) is 10.4. The van der Waals surface area contributed by atoms with E-state index in [4.69, 9.17) is 9.47 Å². The lowest BCUT2D eigenvalue weighted by Gasteiger charge is -2.07. The van der Waals surface area contributed by atoms with Gasteiger partial charge in [-0.25, -0.2) is 0 Å². The maximum absolute atomic E-state index is 5.74. The molecule has 3 nitrogen and oxygen atoms in total. The van der Waals surface area contributed by atoms with Crippen LogP contribution in [0.25, 0.3) is 0 Å². The van der Waals surface area contributed by atoms with E-state index in [0.717, 1.165) is 31.2 Å². The van der Waals surface area contributed by atoms with Crippen LogP contribution in [0.1, 0.15) is 5.56 Å². The molecular weight excluding hydrogens is 238 g/mol. The Labute approximate surface area is 114 Å². The fraction of sp³-hybridized carbons (Fsp3) is 0.250. The summed E-state index contributed by atoms with van der Waals surface area (Å²) in [5.74, 6) is 1.71. The van der Waals surface area contributed by atoms with E-state index in [1.165, 1.54) is 5.56 Å². The first-order valence-electron chi connectivity index (χ1n) is 6.40. The first-order chi connectivity index (χ1) is 9.38. The number of para-hydroxylation sites is 1. The molecule has 2 rings (SSSR count). The largest absolute Gasteiger partial charge is 0.457 e. The van der Waals surface area contributed by atoms with Crippen molar-refractivity contribution in [2.75, 3.05) is 20.3 Å². The molecule has 0 unspecified atom stereocenters. The third-order valence-corrected chi connectivity index (χ3v) is 2.71. The van der Waals surface area contributed by atoms with Crippen LogP contribution in [0.4, 0.5) is 0 Å². The highest BCUT2D eigenvalue weighted by Crippen LogP contribution is 2.20. The minimum Gasteiger partial charge on any atom is -0.457 e. The lowest BCUT2D eigenvalue weighted by atomic mass is 10.2. The zero-order chi connectivity index (χ0) is 13.3. The Kier molecular flexibility index (Phi) is 5.41. The smallest absolute Gasteiger partial charge is 0.127 e. The third kappa shape index (κ3) is 4.73. The van der Waals surface area contributed by atoms with E-state index in [9.17, 15) is 0 Å². The fourth-order valence-corrected chi connectivity index (χ4v) is 1.71. The molecule has 0 amide bonds. The van der Waals surface area contributed by atoms with E-state index in [1.807, 2.05) is 42.5 Å². The molecule has 0 saturated heterocycles. The average Bonchev–Trinajstić information content (AvgIpc) is 2.46. The highest BCUT2D eigenvalue weighted by molar-refractivity contribution is 5.32. The Bertz CT molecular complexity index is 468. The van der Waals surface area contributed by atoms with Crippen molar-refractivity contribution in [3.63, 3.8) is 0 Å². The van der Waals surface area contributed by atoms with E-state index >= 15 is 0 Å². The van der Waals surface area contributed by atoms with Gasteiger partial charge in [0, 0.05) is 20.2 Å². The molecule has 0 saturated carbocycles. The van der Waals surface area contributed by atoms with Crippen LogP contribution in [0.3, 0.4) is 0 Å². The molecule has 0 radical (unpaired) electrons. The van der Waals surface area contributed by atoms with Crippen LogP contribution in [0, 0.1) is 0 Å². The summed E-state index contributed by atoms with van der Waals surface area (Å²) in [6.45, 7) is 2.43. The molecule has 0 spiro atoms. The standard InChI is InChI=1S/C16H19NO2/c1-18-12-11-17-13-14-7-9-16(10-8-14)19-15-5-3-2-4-6-15/h2-10,17H,11-13H2,1H3. The maximum Gasteiger partial charge on any atom is 0.127 e. The van der Waals surface area contributed by atoms with Crippen LogP contribution in [0.5, 0.6) is 11.5 Å². The number of rotatable bonds is 7. The molecule has 0 atom stereocenters. The van der Waals surface area contributed by atoms with Crippen molar-refractivity contribution in [1.82, 2.24) is 5.32 Å². The van der Waals surface area contributed by atoms with Gasteiger partial charge in [0.1, 0.15) is 11.5 Å². The Morgan fingerprint density at radius 3 is 2.26 bits per heavy atom. The van der Waals surface area contributed by atoms with Crippen molar-refractivity contribution in [2.45, 2.75) is 6.54 Å². The van der Waals surface area contributed by atoms with E-state index in [-0.39, 0.29) is 0 Å². The minimum absolute atomic E-state index is 0.731. The van der Waals surface area contributed by atoms with Crippen LogP contribution >= 0.6 is 0 Å². The molecule has 100 valence electrons. The summed E-state index contributed by atoms with van der Waals surface area (Å²) < 4.78 is 10.7. The van der Waals surface area contributed by atoms with E-state index in [1.54, 1.807) is 7.11 Å². The predicted octanol–water partition coefficient (Wildman–Crippen LogP) is 3.21. The van der Waals surface area contributed by atoms with Gasteiger partial charge in [-0.05, 0) is 29.8 Å². The van der Waals surface area contributed by atoms with Crippen LogP contribution in [0.2, 0.25) is 0 Å². The zero-order valence-electron chi connectivity index (χ0n) is 11.1. The molecule has 0 aliphatic rings. The monoisotopic (exact) mass is 257 g/mol. The Balaban J connectivity index is 1.84. The van der Waals surface area contributed by atoms with Gasteiger partial charge in [0.2, 0.25) is 0 Å². The molecule has 19 heavy (non-hydrogen) atoms. The van der Waals surface area contributed by atoms with Crippen LogP contribution in [-0.2, 0) is 11.3 Å². The quantitative estimate of drug-likeness (QED) is 0.773. The summed E-state index contributed by atoms with van der Waals surface area (Å²) in [5.41, 5.74) is 1.23. The second-order valence-corrected chi connectivity index (χ2v) is 4.23. The summed E-state index contributed by atoms with van der Waals surface area (Å²) in [4.78, 5) is 0. The van der Waals surface area contributed by atoms with Crippen LogP contribution in [0.15, 0.2) is 54.6 Å². The highest BCUT2D eigenvalue weighted by atomic mass is 16.5. The number of methoxy groups -OCH3 is 1. The van der Waals surface area contributed by atoms with E-state index in [2.05, 4.69) is 17.4 Å². The molecule has 0 fully saturated rings. The van der Waals surface area contributed by atoms with Gasteiger partial charge in [0.15, 0.2) is 0 Å². The van der Waals surface area contributed by atoms with Gasteiger partial charge in [-0.15, -0.1) is 0 Å². The third-order valence-electron chi connectivity index (χ3n) is 2.71. The van der Waals surface area contributed by atoms with Gasteiger partial charge >= 0.3 is 0 Å². The summed E-state index contributed by atoms with van der Waals surface area (Å²) in [6, 6.07) is 17.9. The fourth-order valence-electron chi connectivity index (χ4n) is 1.71. The number of benzene rings is 2. The SMILES string of the molecule is COCCNCc1ccc(Oc2ccccc2)cc1. The number of ether oxygens (including phenoxy) is 2. The summed E-state index contributed by atoms with van der Waals surface area (Å²) >= 11 is 0.